The van der Waals surface area contributed by atoms with E-state index in [1.54, 1.807) is 0 Å². The van der Waals surface area contributed by atoms with Gasteiger partial charge in [-0.3, -0.25) is 4.79 Å². The minimum absolute atomic E-state index is 0.0255. The largest absolute Gasteiger partial charge is 0.461 e. The van der Waals surface area contributed by atoms with Gasteiger partial charge in [0.05, 0.1) is 4.43 Å². The third-order valence-electron chi connectivity index (χ3n) is 14.1. The van der Waals surface area contributed by atoms with E-state index in [4.69, 9.17) is 4.74 Å². The first-order chi connectivity index (χ1) is 16.2. The molecule has 5 aliphatic rings. The highest BCUT2D eigenvalue weighted by atomic mass is 127. The minimum atomic E-state index is -0.0255. The zero-order chi connectivity index (χ0) is 25.6. The van der Waals surface area contributed by atoms with Gasteiger partial charge in [0.15, 0.2) is 0 Å². The molecule has 0 aromatic rings. The molecule has 5 aliphatic carbocycles. The molecule has 35 heavy (non-hydrogen) atoms. The average Bonchev–Trinajstić information content (AvgIpc) is 3.14. The molecule has 10 atom stereocenters. The maximum Gasteiger partial charge on any atom is 0.316 e. The number of halogens is 1. The fourth-order valence-electron chi connectivity index (χ4n) is 12.1. The fourth-order valence-corrected chi connectivity index (χ4v) is 12.3. The van der Waals surface area contributed by atoms with Crippen molar-refractivity contribution in [3.63, 3.8) is 0 Å². The Labute approximate surface area is 230 Å². The number of ether oxygens (including phenoxy) is 1. The lowest BCUT2D eigenvalue weighted by molar-refractivity contribution is -0.250. The molecule has 0 aromatic heterocycles. The van der Waals surface area contributed by atoms with Gasteiger partial charge in [-0.15, -0.1) is 0 Å². The Bertz CT molecular complexity index is 851. The molecular weight excluding hydrogens is 543 g/mol. The topological polar surface area (TPSA) is 26.3 Å². The van der Waals surface area contributed by atoms with E-state index in [0.717, 1.165) is 36.0 Å². The minimum Gasteiger partial charge on any atom is -0.461 e. The monoisotopic (exact) mass is 596 g/mol. The Morgan fingerprint density at radius 2 is 1.54 bits per heavy atom. The van der Waals surface area contributed by atoms with Crippen molar-refractivity contribution in [1.29, 1.82) is 0 Å². The van der Waals surface area contributed by atoms with Gasteiger partial charge in [0.1, 0.15) is 6.10 Å². The van der Waals surface area contributed by atoms with Crippen LogP contribution in [0, 0.1) is 62.6 Å². The van der Waals surface area contributed by atoms with Crippen molar-refractivity contribution in [3.8, 4) is 0 Å². The van der Waals surface area contributed by atoms with Gasteiger partial charge in [-0.1, -0.05) is 78.0 Å². The van der Waals surface area contributed by atoms with E-state index in [2.05, 4.69) is 78.0 Å². The van der Waals surface area contributed by atoms with Crippen molar-refractivity contribution in [3.05, 3.63) is 0 Å². The number of rotatable bonds is 3. The first kappa shape index (κ1) is 26.8. The van der Waals surface area contributed by atoms with Gasteiger partial charge in [-0.2, -0.15) is 0 Å². The quantitative estimate of drug-likeness (QED) is 0.185. The van der Waals surface area contributed by atoms with E-state index in [1.807, 2.05) is 0 Å². The Kier molecular flexibility index (Phi) is 6.58. The number of carbonyl (C=O) groups is 1. The second kappa shape index (κ2) is 8.60. The summed E-state index contributed by atoms with van der Waals surface area (Å²) in [5.41, 5.74) is 1.93. The first-order valence-corrected chi connectivity index (χ1v) is 16.5. The van der Waals surface area contributed by atoms with Gasteiger partial charge in [-0.05, 0) is 121 Å². The third kappa shape index (κ3) is 3.60. The van der Waals surface area contributed by atoms with Crippen LogP contribution in [0.4, 0.5) is 0 Å². The second-order valence-corrected chi connectivity index (χ2v) is 16.5. The predicted molar refractivity (Wildman–Crippen MR) is 153 cm³/mol. The van der Waals surface area contributed by atoms with Gasteiger partial charge in [-0.25, -0.2) is 0 Å². The summed E-state index contributed by atoms with van der Waals surface area (Å²) in [6.07, 6.45) is 13.8. The zero-order valence-electron chi connectivity index (χ0n) is 24.0. The highest BCUT2D eigenvalue weighted by molar-refractivity contribution is 14.1. The van der Waals surface area contributed by atoms with Gasteiger partial charge in [0.2, 0.25) is 0 Å². The summed E-state index contributed by atoms with van der Waals surface area (Å²) in [5, 5.41) is 0. The lowest BCUT2D eigenvalue weighted by atomic mass is 9.32. The van der Waals surface area contributed by atoms with E-state index in [0.29, 0.717) is 32.0 Å². The van der Waals surface area contributed by atoms with Crippen LogP contribution in [0.5, 0.6) is 0 Å². The molecule has 0 aliphatic heterocycles. The van der Waals surface area contributed by atoms with Gasteiger partial charge < -0.3 is 4.74 Å². The molecular formula is C32H53IO2. The molecule has 0 N–H and O–H groups in total. The predicted octanol–water partition coefficient (Wildman–Crippen LogP) is 9.09. The summed E-state index contributed by atoms with van der Waals surface area (Å²) in [4.78, 5) is 12.2. The third-order valence-corrected chi connectivity index (χ3v) is 14.7. The maximum absolute atomic E-state index is 12.2. The number of alkyl halides is 1. The highest BCUT2D eigenvalue weighted by Gasteiger charge is 2.70. The SMILES string of the molecule is CC(C)[C@@H]1CCC2(C)CC[C@]3(C)C(CCC4C5(C)CCC(OC(=O)CI)C(C)(C)[C@@H]5CCC43C)[C@@H]12. The van der Waals surface area contributed by atoms with Crippen molar-refractivity contribution < 1.29 is 9.53 Å². The van der Waals surface area contributed by atoms with Crippen molar-refractivity contribution in [2.75, 3.05) is 4.43 Å². The van der Waals surface area contributed by atoms with E-state index >= 15 is 0 Å². The Morgan fingerprint density at radius 3 is 2.20 bits per heavy atom. The molecule has 0 aromatic carbocycles. The van der Waals surface area contributed by atoms with Gasteiger partial charge in [0.25, 0.3) is 0 Å². The van der Waals surface area contributed by atoms with Crippen LogP contribution < -0.4 is 0 Å². The van der Waals surface area contributed by atoms with E-state index in [-0.39, 0.29) is 17.5 Å². The molecule has 6 unspecified atom stereocenters. The zero-order valence-corrected chi connectivity index (χ0v) is 26.2. The molecule has 5 fully saturated rings. The first-order valence-electron chi connectivity index (χ1n) is 15.0. The van der Waals surface area contributed by atoms with Crippen LogP contribution in [0.2, 0.25) is 0 Å². The molecule has 0 saturated heterocycles. The smallest absolute Gasteiger partial charge is 0.316 e. The summed E-state index contributed by atoms with van der Waals surface area (Å²) in [6, 6.07) is 0. The van der Waals surface area contributed by atoms with E-state index in [1.165, 1.54) is 57.8 Å². The molecule has 3 heteroatoms. The Balaban J connectivity index is 1.47. The molecule has 5 saturated carbocycles. The van der Waals surface area contributed by atoms with Crippen molar-refractivity contribution in [2.24, 2.45) is 62.6 Å². The fraction of sp³-hybridized carbons (Fsp3) is 0.969. The lowest BCUT2D eigenvalue weighted by Gasteiger charge is -2.73. The van der Waals surface area contributed by atoms with Crippen LogP contribution in [0.1, 0.15) is 120 Å². The summed E-state index contributed by atoms with van der Waals surface area (Å²) in [5.74, 6) is 5.03. The Morgan fingerprint density at radius 1 is 0.829 bits per heavy atom. The van der Waals surface area contributed by atoms with Gasteiger partial charge in [0, 0.05) is 5.41 Å². The second-order valence-electron chi connectivity index (χ2n) is 15.8. The molecule has 0 spiro atoms. The number of esters is 1. The van der Waals surface area contributed by atoms with Crippen LogP contribution in [0.25, 0.3) is 0 Å². The molecule has 0 heterocycles. The summed E-state index contributed by atoms with van der Waals surface area (Å²) in [7, 11) is 0. The summed E-state index contributed by atoms with van der Waals surface area (Å²) < 4.78 is 6.53. The van der Waals surface area contributed by atoms with Crippen LogP contribution in [-0.2, 0) is 9.53 Å². The Hall–Kier alpha value is 0.200. The number of hydrogen-bond acceptors (Lipinski definition) is 2. The normalized spacial score (nSPS) is 52.7. The number of carbonyl (C=O) groups excluding carboxylic acids is 1. The average molecular weight is 597 g/mol. The number of fused-ring (bicyclic) bond motifs is 7. The molecule has 0 radical (unpaired) electrons. The van der Waals surface area contributed by atoms with Crippen molar-refractivity contribution >= 4 is 28.6 Å². The molecule has 200 valence electrons. The van der Waals surface area contributed by atoms with Crippen molar-refractivity contribution in [2.45, 2.75) is 126 Å². The highest BCUT2D eigenvalue weighted by Crippen LogP contribution is 2.77. The van der Waals surface area contributed by atoms with E-state index < -0.39 is 0 Å². The van der Waals surface area contributed by atoms with Gasteiger partial charge >= 0.3 is 5.97 Å². The van der Waals surface area contributed by atoms with E-state index in [9.17, 15) is 4.79 Å². The number of hydrogen-bond donors (Lipinski definition) is 0. The molecule has 0 bridgehead atoms. The summed E-state index contributed by atoms with van der Waals surface area (Å²) in [6.45, 7) is 20.7. The standard InChI is InChI=1S/C32H53IO2/c1-20(2)21-11-14-29(5)17-18-31(7)22(27(21)29)9-10-24-30(6)15-13-25(35-26(34)19-33)28(3,4)23(30)12-16-32(24,31)8/h20-25,27H,9-19H2,1-8H3/t21-,22?,23-,24?,25?,27+,29?,30?,31+,32?/m0/s1. The molecule has 5 rings (SSSR count). The molecule has 0 amide bonds. The van der Waals surface area contributed by atoms with Crippen LogP contribution in [0.3, 0.4) is 0 Å². The van der Waals surface area contributed by atoms with Crippen LogP contribution in [-0.4, -0.2) is 16.5 Å². The van der Waals surface area contributed by atoms with Crippen LogP contribution in [0.15, 0.2) is 0 Å². The maximum atomic E-state index is 12.2. The van der Waals surface area contributed by atoms with Crippen molar-refractivity contribution in [1.82, 2.24) is 0 Å². The summed E-state index contributed by atoms with van der Waals surface area (Å²) >= 11 is 2.15. The lowest BCUT2D eigenvalue weighted by Crippen LogP contribution is -2.66. The van der Waals surface area contributed by atoms with Crippen LogP contribution >= 0.6 is 22.6 Å². The molecule has 2 nitrogen and oxygen atoms in total.